The highest BCUT2D eigenvalue weighted by Crippen LogP contribution is 2.53. The number of esters is 2. The molecule has 2 saturated heterocycles. The van der Waals surface area contributed by atoms with E-state index in [1.165, 1.54) is 0 Å². The fourth-order valence-corrected chi connectivity index (χ4v) is 6.45. The smallest absolute Gasteiger partial charge is 0.306 e. The molecule has 0 aromatic heterocycles. The minimum atomic E-state index is -1.30. The Bertz CT molecular complexity index is 818. The first-order valence-electron chi connectivity index (χ1n) is 13.4. The summed E-state index contributed by atoms with van der Waals surface area (Å²) in [4.78, 5) is 38.3. The molecule has 0 unspecified atom stereocenters. The summed E-state index contributed by atoms with van der Waals surface area (Å²) >= 11 is 0. The lowest BCUT2D eigenvalue weighted by atomic mass is 9.57. The average Bonchev–Trinajstić information content (AvgIpc) is 2.76. The molecule has 0 amide bonds. The fraction of sp³-hybridized carbons (Fsp3) is 0.821. The van der Waals surface area contributed by atoms with E-state index in [1.807, 2.05) is 20.8 Å². The molecule has 0 spiro atoms. The van der Waals surface area contributed by atoms with Crippen LogP contribution in [0, 0.1) is 23.7 Å². The van der Waals surface area contributed by atoms with Crippen LogP contribution in [0.5, 0.6) is 0 Å². The van der Waals surface area contributed by atoms with Crippen LogP contribution in [0.25, 0.3) is 0 Å². The second-order valence-electron chi connectivity index (χ2n) is 11.4. The zero-order chi connectivity index (χ0) is 26.0. The number of allylic oxidation sites excluding steroid dienone is 1. The van der Waals surface area contributed by atoms with Crippen LogP contribution in [-0.4, -0.2) is 52.8 Å². The second kappa shape index (κ2) is 11.1. The summed E-state index contributed by atoms with van der Waals surface area (Å²) in [7, 11) is 0. The number of hydrogen-bond acceptors (Lipinski definition) is 7. The molecule has 1 N–H and O–H groups in total. The van der Waals surface area contributed by atoms with Crippen LogP contribution in [-0.2, 0) is 28.6 Å². The highest BCUT2D eigenvalue weighted by atomic mass is 16.6. The number of fused-ring (bicyclic) bond motifs is 4. The molecule has 8 atom stereocenters. The van der Waals surface area contributed by atoms with Gasteiger partial charge in [0.05, 0.1) is 18.3 Å². The van der Waals surface area contributed by atoms with Gasteiger partial charge in [0.15, 0.2) is 0 Å². The number of carbonyl (C=O) groups excluding carboxylic acids is 3. The first kappa shape index (κ1) is 27.9. The Hall–Kier alpha value is -1.73. The van der Waals surface area contributed by atoms with Crippen molar-refractivity contribution in [2.24, 2.45) is 23.7 Å². The molecule has 198 valence electrons. The largest absolute Gasteiger partial charge is 0.465 e. The summed E-state index contributed by atoms with van der Waals surface area (Å²) in [6, 6.07) is 0. The first-order chi connectivity index (χ1) is 16.4. The lowest BCUT2D eigenvalue weighted by Crippen LogP contribution is -2.64. The molecule has 0 aromatic carbocycles. The van der Waals surface area contributed by atoms with Gasteiger partial charge in [-0.15, -0.1) is 0 Å². The number of aliphatic hydroxyl groups is 1. The molecular weight excluding hydrogens is 448 g/mol. The highest BCUT2D eigenvalue weighted by Gasteiger charge is 2.59. The molecule has 7 heteroatoms. The van der Waals surface area contributed by atoms with Crippen LogP contribution in [0.2, 0.25) is 0 Å². The van der Waals surface area contributed by atoms with Gasteiger partial charge in [0, 0.05) is 31.1 Å². The van der Waals surface area contributed by atoms with Gasteiger partial charge in [-0.2, -0.15) is 0 Å². The van der Waals surface area contributed by atoms with Crippen molar-refractivity contribution in [3.05, 3.63) is 12.2 Å². The van der Waals surface area contributed by atoms with Crippen molar-refractivity contribution in [3.8, 4) is 0 Å². The maximum absolute atomic E-state index is 13.6. The predicted octanol–water partition coefficient (Wildman–Crippen LogP) is 4.54. The lowest BCUT2D eigenvalue weighted by Gasteiger charge is -2.56. The van der Waals surface area contributed by atoms with Crippen LogP contribution in [0.15, 0.2) is 12.2 Å². The van der Waals surface area contributed by atoms with E-state index >= 15 is 0 Å². The van der Waals surface area contributed by atoms with Gasteiger partial charge in [-0.3, -0.25) is 14.4 Å². The van der Waals surface area contributed by atoms with E-state index in [9.17, 15) is 19.5 Å². The Labute approximate surface area is 210 Å². The Morgan fingerprint density at radius 2 is 1.83 bits per heavy atom. The summed E-state index contributed by atoms with van der Waals surface area (Å²) < 4.78 is 18.3. The van der Waals surface area contributed by atoms with Gasteiger partial charge in [-0.1, -0.05) is 32.9 Å². The molecule has 7 nitrogen and oxygen atoms in total. The Morgan fingerprint density at radius 1 is 1.17 bits per heavy atom. The molecule has 2 bridgehead atoms. The van der Waals surface area contributed by atoms with E-state index < -0.39 is 29.3 Å². The molecule has 3 fully saturated rings. The van der Waals surface area contributed by atoms with Crippen LogP contribution in [0.3, 0.4) is 0 Å². The van der Waals surface area contributed by atoms with E-state index in [0.29, 0.717) is 38.5 Å². The number of carbonyl (C=O) groups is 3. The van der Waals surface area contributed by atoms with Gasteiger partial charge in [-0.25, -0.2) is 0 Å². The molecule has 35 heavy (non-hydrogen) atoms. The van der Waals surface area contributed by atoms with Crippen LogP contribution < -0.4 is 0 Å². The van der Waals surface area contributed by atoms with E-state index in [2.05, 4.69) is 13.5 Å². The van der Waals surface area contributed by atoms with Crippen molar-refractivity contribution in [1.82, 2.24) is 0 Å². The van der Waals surface area contributed by atoms with E-state index in [1.54, 1.807) is 6.92 Å². The number of rotatable bonds is 8. The van der Waals surface area contributed by atoms with Crippen LogP contribution in [0.4, 0.5) is 0 Å². The van der Waals surface area contributed by atoms with Crippen molar-refractivity contribution in [2.45, 2.75) is 116 Å². The summed E-state index contributed by atoms with van der Waals surface area (Å²) in [5.74, 6) is -1.30. The van der Waals surface area contributed by atoms with Crippen LogP contribution in [0.1, 0.15) is 92.4 Å². The number of hydrogen-bond donors (Lipinski definition) is 1. The van der Waals surface area contributed by atoms with Crippen molar-refractivity contribution in [2.75, 3.05) is 6.61 Å². The zero-order valence-electron chi connectivity index (χ0n) is 22.1. The molecule has 3 rings (SSSR count). The SMILES string of the molecule is C=C1CC[C@H]([C@@H](C)COC(=O)CCC)[C@@H]2[C@H]1C(=O)C[C@](C)(O)[C@@H]1CC[C@@](C)(OC(=O)CCC)[C@H]2O1. The minimum absolute atomic E-state index is 0.00347. The third kappa shape index (κ3) is 5.99. The fourth-order valence-electron chi connectivity index (χ4n) is 6.45. The molecule has 0 radical (unpaired) electrons. The van der Waals surface area contributed by atoms with Crippen molar-refractivity contribution < 1.29 is 33.7 Å². The molecule has 2 aliphatic heterocycles. The maximum Gasteiger partial charge on any atom is 0.306 e. The summed E-state index contributed by atoms with van der Waals surface area (Å²) in [5.41, 5.74) is -1.38. The van der Waals surface area contributed by atoms with Gasteiger partial charge in [0.1, 0.15) is 17.5 Å². The van der Waals surface area contributed by atoms with E-state index in [-0.39, 0.29) is 48.5 Å². The number of Topliss-reactive ketones (excluding diaryl/α,β-unsaturated/α-hetero) is 1. The van der Waals surface area contributed by atoms with Crippen molar-refractivity contribution in [1.29, 1.82) is 0 Å². The number of ether oxygens (including phenoxy) is 3. The minimum Gasteiger partial charge on any atom is -0.465 e. The molecular formula is C28H44O7. The summed E-state index contributed by atoms with van der Waals surface area (Å²) in [6.07, 6.45) is 3.55. The molecule has 0 aromatic rings. The monoisotopic (exact) mass is 492 g/mol. The summed E-state index contributed by atoms with van der Waals surface area (Å²) in [6.45, 7) is 14.0. The van der Waals surface area contributed by atoms with Gasteiger partial charge in [0.25, 0.3) is 0 Å². The third-order valence-electron chi connectivity index (χ3n) is 8.35. The normalized spacial score (nSPS) is 38.1. The molecule has 1 aliphatic carbocycles. The average molecular weight is 493 g/mol. The van der Waals surface area contributed by atoms with E-state index in [0.717, 1.165) is 18.4 Å². The Morgan fingerprint density at radius 3 is 2.49 bits per heavy atom. The lowest BCUT2D eigenvalue weighted by molar-refractivity contribution is -0.256. The van der Waals surface area contributed by atoms with Crippen molar-refractivity contribution in [3.63, 3.8) is 0 Å². The second-order valence-corrected chi connectivity index (χ2v) is 11.4. The van der Waals surface area contributed by atoms with Crippen molar-refractivity contribution >= 4 is 17.7 Å². The zero-order valence-corrected chi connectivity index (χ0v) is 22.1. The quantitative estimate of drug-likeness (QED) is 0.392. The highest BCUT2D eigenvalue weighted by molar-refractivity contribution is 5.85. The Kier molecular flexibility index (Phi) is 8.85. The van der Waals surface area contributed by atoms with Gasteiger partial charge in [0.2, 0.25) is 0 Å². The maximum atomic E-state index is 13.6. The first-order valence-corrected chi connectivity index (χ1v) is 13.4. The topological polar surface area (TPSA) is 99.1 Å². The molecule has 1 saturated carbocycles. The molecule has 2 heterocycles. The summed E-state index contributed by atoms with van der Waals surface area (Å²) in [5, 5.41) is 11.2. The van der Waals surface area contributed by atoms with Gasteiger partial charge in [-0.05, 0) is 64.2 Å². The third-order valence-corrected chi connectivity index (χ3v) is 8.35. The van der Waals surface area contributed by atoms with Crippen LogP contribution >= 0.6 is 0 Å². The van der Waals surface area contributed by atoms with E-state index in [4.69, 9.17) is 14.2 Å². The Balaban J connectivity index is 1.99. The standard InChI is InChI=1S/C28H44O7/c1-7-9-22(30)33-16-18(4)19-12-11-17(3)24-20(29)15-27(5,32)21-13-14-28(6,26(34-21)25(19)24)35-23(31)10-8-2/h18-19,21,24-26,32H,3,7-16H2,1-2,4-6H3/t18-,19+,21-,24+,25+,26-,27-,28+/m0/s1. The van der Waals surface area contributed by atoms with Gasteiger partial charge < -0.3 is 19.3 Å². The predicted molar refractivity (Wildman–Crippen MR) is 131 cm³/mol. The molecule has 3 aliphatic rings. The van der Waals surface area contributed by atoms with Gasteiger partial charge >= 0.3 is 11.9 Å². The number of ketones is 1.